The third-order valence-electron chi connectivity index (χ3n) is 2.31. The van der Waals surface area contributed by atoms with E-state index in [0.717, 1.165) is 4.48 Å². The fraction of sp³-hybridized carbons (Fsp3) is 0.810. The molecule has 0 aromatic heterocycles. The molecule has 0 N–H and O–H groups in total. The molecular formula is C21H48INY-2. The number of nitrogens with zero attached hydrogens (tertiary/aromatic N) is 1. The summed E-state index contributed by atoms with van der Waals surface area (Å²) in [6, 6.07) is 0. The molecule has 3 heteroatoms. The Hall–Kier alpha value is 1.27. The van der Waals surface area contributed by atoms with Gasteiger partial charge in [-0.2, -0.15) is 0 Å². The van der Waals surface area contributed by atoms with Gasteiger partial charge in [0.15, 0.2) is 0 Å². The Morgan fingerprint density at radius 3 is 0.875 bits per heavy atom. The van der Waals surface area contributed by atoms with E-state index in [4.69, 9.17) is 13.2 Å². The summed E-state index contributed by atoms with van der Waals surface area (Å²) in [4.78, 5) is 0. The van der Waals surface area contributed by atoms with Gasteiger partial charge in [0.2, 0.25) is 0 Å². The van der Waals surface area contributed by atoms with Crippen LogP contribution < -0.4 is 24.0 Å². The summed E-state index contributed by atoms with van der Waals surface area (Å²) in [5.74, 6) is 0. The Kier molecular flexibility index (Phi) is 92.3. The van der Waals surface area contributed by atoms with Gasteiger partial charge in [-0.3, -0.25) is 0 Å². The second-order valence-electron chi connectivity index (χ2n) is 5.47. The maximum atomic E-state index is 4.72. The molecule has 1 nitrogen and oxygen atoms in total. The third kappa shape index (κ3) is 109. The molecule has 149 valence electrons. The number of allylic oxidation sites excluding steroid dienone is 2. The zero-order valence-electron chi connectivity index (χ0n) is 18.7. The van der Waals surface area contributed by atoms with Crippen LogP contribution in [0.2, 0.25) is 0 Å². The van der Waals surface area contributed by atoms with Crippen LogP contribution in [0.25, 0.3) is 0 Å². The largest absolute Gasteiger partial charge is 1.00 e. The number of hydrogen-bond acceptors (Lipinski definition) is 0. The Morgan fingerprint density at radius 2 is 0.833 bits per heavy atom. The van der Waals surface area contributed by atoms with E-state index in [-0.39, 0.29) is 56.7 Å². The average molecular weight is 530 g/mol. The quantitative estimate of drug-likeness (QED) is 0.219. The first-order valence-electron chi connectivity index (χ1n) is 9.28. The maximum Gasteiger partial charge on any atom is 0.0751 e. The first-order valence-corrected chi connectivity index (χ1v) is 9.28. The van der Waals surface area contributed by atoms with Crippen molar-refractivity contribution < 1.29 is 61.2 Å². The molecule has 0 amide bonds. The molecule has 0 aromatic carbocycles. The summed E-state index contributed by atoms with van der Waals surface area (Å²) in [5.41, 5.74) is 0. The van der Waals surface area contributed by atoms with Gasteiger partial charge in [-0.15, -0.1) is 0 Å². The molecule has 1 saturated carbocycles. The van der Waals surface area contributed by atoms with Crippen LogP contribution in [-0.4, -0.2) is 32.2 Å². The monoisotopic (exact) mass is 530 g/mol. The zero-order chi connectivity index (χ0) is 18.9. The van der Waals surface area contributed by atoms with Crippen molar-refractivity contribution in [2.75, 3.05) is 27.7 Å². The van der Waals surface area contributed by atoms with Crippen molar-refractivity contribution in [3.63, 3.8) is 0 Å². The summed E-state index contributed by atoms with van der Waals surface area (Å²) in [6.45, 7) is 25.1. The molecule has 0 atom stereocenters. The van der Waals surface area contributed by atoms with Gasteiger partial charge in [-0.1, -0.05) is 80.1 Å². The van der Waals surface area contributed by atoms with Gasteiger partial charge in [0.05, 0.1) is 27.7 Å². The minimum Gasteiger partial charge on any atom is -1.00 e. The van der Waals surface area contributed by atoms with E-state index < -0.39 is 0 Å². The van der Waals surface area contributed by atoms with Crippen molar-refractivity contribution in [2.24, 2.45) is 0 Å². The Bertz CT molecular complexity index is 148. The van der Waals surface area contributed by atoms with Gasteiger partial charge in [0, 0.05) is 32.7 Å². The molecule has 0 saturated heterocycles. The number of halogens is 1. The van der Waals surface area contributed by atoms with Crippen LogP contribution in [0.3, 0.4) is 0 Å². The number of quaternary nitrogens is 1. The average Bonchev–Trinajstić information content (AvgIpc) is 3.11. The molecule has 0 aromatic rings. The Morgan fingerprint density at radius 1 is 0.708 bits per heavy atom. The predicted octanol–water partition coefficient (Wildman–Crippen LogP) is 4.10. The van der Waals surface area contributed by atoms with E-state index in [2.05, 4.69) is 41.9 Å². The zero-order valence-corrected chi connectivity index (χ0v) is 23.7. The van der Waals surface area contributed by atoms with Gasteiger partial charge >= 0.3 is 0 Å². The predicted molar refractivity (Wildman–Crippen MR) is 108 cm³/mol. The summed E-state index contributed by atoms with van der Waals surface area (Å²) >= 11 is 0. The van der Waals surface area contributed by atoms with Crippen molar-refractivity contribution in [1.29, 1.82) is 0 Å². The molecule has 0 aliphatic heterocycles. The van der Waals surface area contributed by atoms with E-state index >= 15 is 0 Å². The van der Waals surface area contributed by atoms with Crippen LogP contribution in [0.5, 0.6) is 0 Å². The summed E-state index contributed by atoms with van der Waals surface area (Å²) in [7, 11) is 6.54. The second kappa shape index (κ2) is 49.6. The van der Waals surface area contributed by atoms with Crippen molar-refractivity contribution in [1.82, 2.24) is 0 Å². The first kappa shape index (κ1) is 44.6. The molecule has 0 spiro atoms. The summed E-state index contributed by atoms with van der Waals surface area (Å²) < 4.78 is 1.07. The minimum absolute atomic E-state index is 0. The fourth-order valence-electron chi connectivity index (χ4n) is 0.884. The first-order chi connectivity index (χ1) is 10.4. The van der Waals surface area contributed by atoms with Gasteiger partial charge in [0.25, 0.3) is 0 Å². The second-order valence-corrected chi connectivity index (χ2v) is 5.47. The molecule has 1 rings (SSSR count). The number of rotatable bonds is 2. The van der Waals surface area contributed by atoms with Crippen molar-refractivity contribution in [2.45, 2.75) is 87.0 Å². The van der Waals surface area contributed by atoms with Gasteiger partial charge in [-0.25, -0.2) is 0 Å². The third-order valence-corrected chi connectivity index (χ3v) is 2.31. The van der Waals surface area contributed by atoms with Crippen molar-refractivity contribution >= 4 is 0 Å². The van der Waals surface area contributed by atoms with E-state index in [1.54, 1.807) is 0 Å². The fourth-order valence-corrected chi connectivity index (χ4v) is 0.884. The van der Waals surface area contributed by atoms with Gasteiger partial charge < -0.3 is 53.8 Å². The topological polar surface area (TPSA) is 0 Å². The normalized spacial score (nSPS) is 10.1. The van der Waals surface area contributed by atoms with E-state index in [1.165, 1.54) is 57.2 Å². The van der Waals surface area contributed by atoms with E-state index in [0.29, 0.717) is 0 Å². The van der Waals surface area contributed by atoms with Crippen LogP contribution in [0.15, 0.2) is 12.2 Å². The van der Waals surface area contributed by atoms with Crippen LogP contribution >= 0.6 is 0 Å². The molecule has 0 bridgehead atoms. The van der Waals surface area contributed by atoms with E-state index in [1.807, 2.05) is 27.7 Å². The summed E-state index contributed by atoms with van der Waals surface area (Å²) in [5, 5.41) is 0. The van der Waals surface area contributed by atoms with Crippen LogP contribution in [0, 0.1) is 13.2 Å². The molecule has 24 heavy (non-hydrogen) atoms. The minimum atomic E-state index is 0. The summed E-state index contributed by atoms with van der Waals surface area (Å²) in [6.07, 6.45) is 11.3. The van der Waals surface area contributed by atoms with Crippen LogP contribution in [-0.2, 0) is 32.7 Å². The number of hydrogen-bond donors (Lipinski definition) is 0. The molecule has 1 fully saturated rings. The molecule has 0 heterocycles. The van der Waals surface area contributed by atoms with Crippen LogP contribution in [0.4, 0.5) is 0 Å². The molecule has 1 radical (unpaired) electrons. The molecular weight excluding hydrogens is 482 g/mol. The Balaban J connectivity index is -0.0000000298. The van der Waals surface area contributed by atoms with Crippen molar-refractivity contribution in [3.8, 4) is 0 Å². The molecule has 1 aliphatic carbocycles. The smallest absolute Gasteiger partial charge is 0.0751 e. The van der Waals surface area contributed by atoms with Crippen molar-refractivity contribution in [3.05, 3.63) is 25.3 Å². The van der Waals surface area contributed by atoms with E-state index in [9.17, 15) is 0 Å². The van der Waals surface area contributed by atoms with Crippen LogP contribution in [0.1, 0.15) is 87.0 Å². The standard InChI is InChI=1S/C5H14N.C5H10.C4H4.C3H8.2C2H6.HI.Y/c1-5-6(2,3)4;1-2-4-5-3-1;1-3-4-2;1-3-2;2*1-2;;/h5H2,1-4H3;1-5H2;1-4H;3H2,1-2H3;2*1-2H3;1H;/q+1;;-2;;;;;/p-1. The van der Waals surface area contributed by atoms with Gasteiger partial charge in [-0.05, 0) is 6.92 Å². The molecule has 1 aliphatic rings. The maximum absolute atomic E-state index is 4.72. The Labute approximate surface area is 199 Å². The molecule has 0 unspecified atom stereocenters. The van der Waals surface area contributed by atoms with Gasteiger partial charge in [0.1, 0.15) is 0 Å². The SMILES string of the molecule is C1CCCC1.CC.CC.CCC.CC[N+](C)(C)C.[CH-]=CC=[CH-].[I-].[Y].